The minimum Gasteiger partial charge on any atom is -0.496 e. The molecule has 5 rings (SSSR count). The second kappa shape index (κ2) is 20.1. The lowest BCUT2D eigenvalue weighted by atomic mass is 9.98. The zero-order valence-corrected chi connectivity index (χ0v) is 34.3. The Morgan fingerprint density at radius 2 is 1.19 bits per heavy atom. The topological polar surface area (TPSA) is 242 Å². The summed E-state index contributed by atoms with van der Waals surface area (Å²) in [4.78, 5) is 100. The lowest BCUT2D eigenvalue weighted by Gasteiger charge is -2.43. The predicted molar refractivity (Wildman–Crippen MR) is 211 cm³/mol. The summed E-state index contributed by atoms with van der Waals surface area (Å²) in [5, 5.41) is -0.302. The molecule has 1 aliphatic rings. The van der Waals surface area contributed by atoms with Crippen molar-refractivity contribution >= 4 is 58.8 Å². The molecule has 0 radical (unpaired) electrons. The molecule has 0 spiro atoms. The van der Waals surface area contributed by atoms with Crippen LogP contribution in [0.3, 0.4) is 0 Å². The Kier molecular flexibility index (Phi) is 14.8. The molecule has 1 aliphatic heterocycles. The van der Waals surface area contributed by atoms with Crippen LogP contribution in [-0.2, 0) is 57.2 Å². The van der Waals surface area contributed by atoms with Crippen LogP contribution in [0.25, 0.3) is 28.4 Å². The van der Waals surface area contributed by atoms with E-state index in [2.05, 4.69) is 0 Å². The molecule has 0 aliphatic carbocycles. The van der Waals surface area contributed by atoms with Crippen LogP contribution < -0.4 is 29.1 Å². The summed E-state index contributed by atoms with van der Waals surface area (Å²) in [6, 6.07) is 14.4. The first-order valence-electron chi connectivity index (χ1n) is 18.6. The number of ether oxygens (including phenoxy) is 10. The summed E-state index contributed by atoms with van der Waals surface area (Å²) in [6.07, 6.45) is -6.06. The fraction of sp³-hybridized carbons (Fsp3) is 0.302. The SMILES string of the molecule is COc1cc(OC(C)=O)c2c(=O)c(O[C@@H]3O[C@H](COC(=O)/C=C/c4ccc(OC(C)=O)cc4)[C@@H](OC(C)=O)[C@H](OC(C)=O)[C@H]3OC(C)=O)c(-c3ccc(OC(C)=O)cc3)oc2c1. The number of carbonyl (C=O) groups excluding carboxylic acids is 7. The van der Waals surface area contributed by atoms with E-state index in [-0.39, 0.29) is 45.3 Å². The molecule has 19 nitrogen and oxygen atoms in total. The summed E-state index contributed by atoms with van der Waals surface area (Å²) >= 11 is 0. The van der Waals surface area contributed by atoms with E-state index in [0.717, 1.165) is 33.8 Å². The molecule has 19 heteroatoms. The van der Waals surface area contributed by atoms with Crippen molar-refractivity contribution in [2.24, 2.45) is 0 Å². The first-order valence-corrected chi connectivity index (χ1v) is 18.6. The van der Waals surface area contributed by atoms with Gasteiger partial charge in [-0.1, -0.05) is 12.1 Å². The van der Waals surface area contributed by atoms with Gasteiger partial charge in [0.25, 0.3) is 0 Å². The van der Waals surface area contributed by atoms with Crippen molar-refractivity contribution in [2.45, 2.75) is 72.2 Å². The van der Waals surface area contributed by atoms with Gasteiger partial charge in [-0.2, -0.15) is 0 Å². The first kappa shape index (κ1) is 45.5. The van der Waals surface area contributed by atoms with Gasteiger partial charge in [-0.3, -0.25) is 33.6 Å². The van der Waals surface area contributed by atoms with Crippen molar-refractivity contribution < 1.29 is 85.3 Å². The van der Waals surface area contributed by atoms with Gasteiger partial charge in [0.2, 0.25) is 23.6 Å². The van der Waals surface area contributed by atoms with Crippen LogP contribution in [0.2, 0.25) is 0 Å². The molecular formula is C43H40O19. The van der Waals surface area contributed by atoms with Crippen molar-refractivity contribution in [3.05, 3.63) is 82.5 Å². The molecule has 1 saturated heterocycles. The van der Waals surface area contributed by atoms with Crippen LogP contribution >= 0.6 is 0 Å². The lowest BCUT2D eigenvalue weighted by Crippen LogP contribution is -2.63. The summed E-state index contributed by atoms with van der Waals surface area (Å²) in [7, 11) is 1.33. The number of esters is 7. The van der Waals surface area contributed by atoms with Gasteiger partial charge in [0.05, 0.1) is 7.11 Å². The van der Waals surface area contributed by atoms with Crippen LogP contribution in [-0.4, -0.2) is 86.2 Å². The molecule has 2 heterocycles. The number of rotatable bonds is 14. The maximum absolute atomic E-state index is 14.7. The fourth-order valence-electron chi connectivity index (χ4n) is 6.12. The average Bonchev–Trinajstić information content (AvgIpc) is 3.19. The van der Waals surface area contributed by atoms with E-state index in [0.29, 0.717) is 5.56 Å². The molecule has 1 aromatic heterocycles. The maximum atomic E-state index is 14.7. The molecule has 4 aromatic rings. The Bertz CT molecular complexity index is 2450. The van der Waals surface area contributed by atoms with Crippen molar-refractivity contribution in [3.8, 4) is 40.1 Å². The highest BCUT2D eigenvalue weighted by Crippen LogP contribution is 2.39. The first-order chi connectivity index (χ1) is 29.4. The van der Waals surface area contributed by atoms with Crippen LogP contribution in [0, 0.1) is 0 Å². The highest BCUT2D eigenvalue weighted by molar-refractivity contribution is 5.91. The van der Waals surface area contributed by atoms with Gasteiger partial charge >= 0.3 is 41.8 Å². The Labute approximate surface area is 352 Å². The molecule has 5 atom stereocenters. The minimum absolute atomic E-state index is 0.135. The molecule has 0 saturated carbocycles. The molecule has 326 valence electrons. The highest BCUT2D eigenvalue weighted by atomic mass is 16.7. The Morgan fingerprint density at radius 1 is 0.645 bits per heavy atom. The quantitative estimate of drug-likeness (QED) is 0.0738. The van der Waals surface area contributed by atoms with Gasteiger partial charge in [0.15, 0.2) is 18.0 Å². The third kappa shape index (κ3) is 11.8. The molecule has 0 amide bonds. The second-order valence-corrected chi connectivity index (χ2v) is 13.3. The van der Waals surface area contributed by atoms with E-state index >= 15 is 0 Å². The van der Waals surface area contributed by atoms with Crippen LogP contribution in [0.15, 0.2) is 76.0 Å². The molecular weight excluding hydrogens is 820 g/mol. The van der Waals surface area contributed by atoms with Gasteiger partial charge in [-0.15, -0.1) is 0 Å². The molecule has 1 fully saturated rings. The number of carbonyl (C=O) groups is 7. The smallest absolute Gasteiger partial charge is 0.330 e. The van der Waals surface area contributed by atoms with Crippen LogP contribution in [0.1, 0.15) is 47.1 Å². The van der Waals surface area contributed by atoms with Crippen molar-refractivity contribution in [1.29, 1.82) is 0 Å². The largest absolute Gasteiger partial charge is 0.496 e. The van der Waals surface area contributed by atoms with Gasteiger partial charge in [0, 0.05) is 65.3 Å². The van der Waals surface area contributed by atoms with E-state index in [1.165, 1.54) is 75.6 Å². The van der Waals surface area contributed by atoms with Gasteiger partial charge in [-0.05, 0) is 48.0 Å². The second-order valence-electron chi connectivity index (χ2n) is 13.3. The van der Waals surface area contributed by atoms with Gasteiger partial charge in [-0.25, -0.2) is 4.79 Å². The molecule has 0 bridgehead atoms. The summed E-state index contributed by atoms with van der Waals surface area (Å²) in [6.45, 7) is 5.95. The van der Waals surface area contributed by atoms with Crippen molar-refractivity contribution in [3.63, 3.8) is 0 Å². The van der Waals surface area contributed by atoms with Crippen LogP contribution in [0.5, 0.6) is 28.7 Å². The third-order valence-corrected chi connectivity index (χ3v) is 8.43. The van der Waals surface area contributed by atoms with Gasteiger partial charge in [0.1, 0.15) is 46.7 Å². The normalized spacial score (nSPS) is 18.2. The zero-order chi connectivity index (χ0) is 45.2. The highest BCUT2D eigenvalue weighted by Gasteiger charge is 2.54. The van der Waals surface area contributed by atoms with E-state index < -0.39 is 90.3 Å². The third-order valence-electron chi connectivity index (χ3n) is 8.43. The number of hydrogen-bond donors (Lipinski definition) is 0. The van der Waals surface area contributed by atoms with Gasteiger partial charge < -0.3 is 51.8 Å². The molecule has 0 N–H and O–H groups in total. The molecule has 3 aromatic carbocycles. The van der Waals surface area contributed by atoms with Crippen molar-refractivity contribution in [2.75, 3.05) is 13.7 Å². The maximum Gasteiger partial charge on any atom is 0.330 e. The standard InChI is InChI=1S/C43H40O19/c1-21(44)54-29-13-8-27(9-14-29)10-17-35(50)53-20-34-39(57-24(4)47)41(58-25(5)48)42(59-26(6)49)43(61-34)62-40-37(51)36-32(56-23(3)46)18-31(52-7)19-33(36)60-38(40)28-11-15-30(16-12-28)55-22(2)45/h8-19,34,39,41-43H,20H2,1-7H3/b17-10+/t34-,39-,41+,42-,43+/m1/s1. The van der Waals surface area contributed by atoms with E-state index in [9.17, 15) is 38.4 Å². The van der Waals surface area contributed by atoms with E-state index in [1.807, 2.05) is 0 Å². The Hall–Kier alpha value is -7.54. The fourth-order valence-corrected chi connectivity index (χ4v) is 6.12. The molecule has 0 unspecified atom stereocenters. The zero-order valence-electron chi connectivity index (χ0n) is 34.3. The number of hydrogen-bond acceptors (Lipinski definition) is 19. The van der Waals surface area contributed by atoms with Crippen LogP contribution in [0.4, 0.5) is 0 Å². The summed E-state index contributed by atoms with van der Waals surface area (Å²) in [5.74, 6) is -6.22. The minimum atomic E-state index is -1.92. The number of benzene rings is 3. The van der Waals surface area contributed by atoms with Crippen molar-refractivity contribution in [1.82, 2.24) is 0 Å². The van der Waals surface area contributed by atoms with E-state index in [4.69, 9.17) is 51.8 Å². The Balaban J connectivity index is 1.61. The average molecular weight is 861 g/mol. The number of fused-ring (bicyclic) bond motifs is 1. The predicted octanol–water partition coefficient (Wildman–Crippen LogP) is 4.40. The summed E-state index contributed by atoms with van der Waals surface area (Å²) in [5.41, 5.74) is -0.392. The van der Waals surface area contributed by atoms with E-state index in [1.54, 1.807) is 12.1 Å². The Morgan fingerprint density at radius 3 is 1.74 bits per heavy atom. The monoisotopic (exact) mass is 860 g/mol. The lowest BCUT2D eigenvalue weighted by molar-refractivity contribution is -0.288. The number of methoxy groups -OCH3 is 1. The molecule has 62 heavy (non-hydrogen) atoms. The summed E-state index contributed by atoms with van der Waals surface area (Å²) < 4.78 is 61.6.